The van der Waals surface area contributed by atoms with Crippen molar-refractivity contribution in [2.45, 2.75) is 0 Å². The van der Waals surface area contributed by atoms with Crippen molar-refractivity contribution in [3.8, 4) is 0 Å². The third kappa shape index (κ3) is 6.33. The number of hydrogen-bond acceptors (Lipinski definition) is 5. The highest BCUT2D eigenvalue weighted by Crippen LogP contribution is 2.12. The van der Waals surface area contributed by atoms with Gasteiger partial charge >= 0.3 is 0 Å². The van der Waals surface area contributed by atoms with Crippen molar-refractivity contribution >= 4 is 12.0 Å². The second-order valence-corrected chi connectivity index (χ2v) is 4.08. The number of rotatable bonds is 10. The summed E-state index contributed by atoms with van der Waals surface area (Å²) in [6.45, 7) is 2.79. The van der Waals surface area contributed by atoms with E-state index in [1.54, 1.807) is 12.1 Å². The molecule has 0 aliphatic heterocycles. The van der Waals surface area contributed by atoms with Gasteiger partial charge in [0.2, 0.25) is 0 Å². The van der Waals surface area contributed by atoms with Gasteiger partial charge < -0.3 is 19.5 Å². The molecular weight excluding hydrogens is 246 g/mol. The van der Waals surface area contributed by atoms with E-state index in [1.807, 2.05) is 19.2 Å². The molecule has 19 heavy (non-hydrogen) atoms. The molecule has 106 valence electrons. The van der Waals surface area contributed by atoms with E-state index in [0.29, 0.717) is 32.0 Å². The summed E-state index contributed by atoms with van der Waals surface area (Å²) in [4.78, 5) is 12.6. The maximum atomic E-state index is 10.5. The Balaban J connectivity index is 2.16. The number of anilines is 1. The molecule has 1 aromatic rings. The van der Waals surface area contributed by atoms with E-state index in [-0.39, 0.29) is 6.61 Å². The maximum Gasteiger partial charge on any atom is 0.150 e. The second kappa shape index (κ2) is 9.49. The van der Waals surface area contributed by atoms with Crippen molar-refractivity contribution in [1.82, 2.24) is 0 Å². The highest BCUT2D eigenvalue weighted by atomic mass is 16.5. The molecule has 0 fully saturated rings. The van der Waals surface area contributed by atoms with Gasteiger partial charge in [-0.05, 0) is 24.3 Å². The number of carbonyl (C=O) groups is 1. The Morgan fingerprint density at radius 2 is 1.74 bits per heavy atom. The summed E-state index contributed by atoms with van der Waals surface area (Å²) in [6, 6.07) is 7.41. The van der Waals surface area contributed by atoms with E-state index < -0.39 is 0 Å². The summed E-state index contributed by atoms with van der Waals surface area (Å²) >= 11 is 0. The van der Waals surface area contributed by atoms with Gasteiger partial charge in [0.25, 0.3) is 0 Å². The molecule has 1 N–H and O–H groups in total. The van der Waals surface area contributed by atoms with Crippen LogP contribution in [0.25, 0.3) is 0 Å². The fraction of sp³-hybridized carbons (Fsp3) is 0.500. The van der Waals surface area contributed by atoms with Gasteiger partial charge in [-0.2, -0.15) is 0 Å². The van der Waals surface area contributed by atoms with Gasteiger partial charge in [-0.1, -0.05) is 0 Å². The third-order valence-corrected chi connectivity index (χ3v) is 2.65. The standard InChI is InChI=1S/C14H21NO4/c1-15(6-8-18-10-11-19-9-7-16)14-4-2-13(12-17)3-5-14/h2-5,12,16H,6-11H2,1H3. The van der Waals surface area contributed by atoms with Crippen molar-refractivity contribution in [3.63, 3.8) is 0 Å². The van der Waals surface area contributed by atoms with Crippen LogP contribution in [0, 0.1) is 0 Å². The molecule has 0 spiro atoms. The van der Waals surface area contributed by atoms with Crippen LogP contribution in [0.3, 0.4) is 0 Å². The second-order valence-electron chi connectivity index (χ2n) is 4.08. The lowest BCUT2D eigenvalue weighted by atomic mass is 10.2. The zero-order valence-electron chi connectivity index (χ0n) is 11.2. The van der Waals surface area contributed by atoms with Crippen molar-refractivity contribution in [3.05, 3.63) is 29.8 Å². The van der Waals surface area contributed by atoms with E-state index in [9.17, 15) is 4.79 Å². The Labute approximate surface area is 113 Å². The minimum Gasteiger partial charge on any atom is -0.394 e. The summed E-state index contributed by atoms with van der Waals surface area (Å²) in [5.74, 6) is 0. The van der Waals surface area contributed by atoms with Gasteiger partial charge in [-0.15, -0.1) is 0 Å². The van der Waals surface area contributed by atoms with E-state index in [4.69, 9.17) is 14.6 Å². The van der Waals surface area contributed by atoms with Crippen LogP contribution in [0.5, 0.6) is 0 Å². The number of benzene rings is 1. The molecule has 0 unspecified atom stereocenters. The molecule has 0 aliphatic rings. The van der Waals surface area contributed by atoms with Gasteiger partial charge in [0.1, 0.15) is 6.29 Å². The third-order valence-electron chi connectivity index (χ3n) is 2.65. The van der Waals surface area contributed by atoms with E-state index in [1.165, 1.54) is 0 Å². The van der Waals surface area contributed by atoms with Gasteiger partial charge in [-0.3, -0.25) is 4.79 Å². The van der Waals surface area contributed by atoms with Crippen LogP contribution in [-0.2, 0) is 9.47 Å². The Morgan fingerprint density at radius 3 is 2.32 bits per heavy atom. The SMILES string of the molecule is CN(CCOCCOCCO)c1ccc(C=O)cc1. The first kappa shape index (κ1) is 15.6. The Kier molecular flexibility index (Phi) is 7.81. The molecule has 5 heteroatoms. The van der Waals surface area contributed by atoms with Crippen LogP contribution in [0.1, 0.15) is 10.4 Å². The lowest BCUT2D eigenvalue weighted by Crippen LogP contribution is -2.23. The average Bonchev–Trinajstić information content (AvgIpc) is 2.46. The van der Waals surface area contributed by atoms with Crippen molar-refractivity contribution < 1.29 is 19.4 Å². The molecule has 1 aromatic carbocycles. The Morgan fingerprint density at radius 1 is 1.11 bits per heavy atom. The molecular formula is C14H21NO4. The van der Waals surface area contributed by atoms with Gasteiger partial charge in [-0.25, -0.2) is 0 Å². The Hall–Kier alpha value is -1.43. The molecule has 0 amide bonds. The first-order chi connectivity index (χ1) is 9.27. The monoisotopic (exact) mass is 267 g/mol. The first-order valence-electron chi connectivity index (χ1n) is 6.30. The van der Waals surface area contributed by atoms with E-state index in [2.05, 4.69) is 4.90 Å². The number of ether oxygens (including phenoxy) is 2. The lowest BCUT2D eigenvalue weighted by molar-refractivity contribution is 0.0353. The zero-order valence-corrected chi connectivity index (χ0v) is 11.2. The fourth-order valence-electron chi connectivity index (χ4n) is 1.52. The molecule has 0 bridgehead atoms. The van der Waals surface area contributed by atoms with Crippen molar-refractivity contribution in [2.24, 2.45) is 0 Å². The highest BCUT2D eigenvalue weighted by molar-refractivity contribution is 5.75. The molecule has 5 nitrogen and oxygen atoms in total. The van der Waals surface area contributed by atoms with Crippen LogP contribution < -0.4 is 4.90 Å². The van der Waals surface area contributed by atoms with Crippen LogP contribution in [0.4, 0.5) is 5.69 Å². The van der Waals surface area contributed by atoms with Crippen molar-refractivity contribution in [2.75, 3.05) is 51.5 Å². The molecule has 0 aliphatic carbocycles. The van der Waals surface area contributed by atoms with Crippen LogP contribution >= 0.6 is 0 Å². The minimum absolute atomic E-state index is 0.0412. The highest BCUT2D eigenvalue weighted by Gasteiger charge is 2.00. The lowest BCUT2D eigenvalue weighted by Gasteiger charge is -2.19. The van der Waals surface area contributed by atoms with Crippen molar-refractivity contribution in [1.29, 1.82) is 0 Å². The van der Waals surface area contributed by atoms with Crippen LogP contribution in [-0.4, -0.2) is 58.0 Å². The van der Waals surface area contributed by atoms with E-state index in [0.717, 1.165) is 18.5 Å². The predicted molar refractivity (Wildman–Crippen MR) is 73.8 cm³/mol. The Bertz CT molecular complexity index is 353. The quantitative estimate of drug-likeness (QED) is 0.505. The molecule has 0 atom stereocenters. The minimum atomic E-state index is 0.0412. The number of likely N-dealkylation sites (N-methyl/N-ethyl adjacent to an activating group) is 1. The number of hydrogen-bond donors (Lipinski definition) is 1. The summed E-state index contributed by atoms with van der Waals surface area (Å²) in [6.07, 6.45) is 0.833. The summed E-state index contributed by atoms with van der Waals surface area (Å²) in [5, 5.41) is 8.51. The summed E-state index contributed by atoms with van der Waals surface area (Å²) in [7, 11) is 1.97. The number of aliphatic hydroxyl groups excluding tert-OH is 1. The number of aliphatic hydroxyl groups is 1. The zero-order chi connectivity index (χ0) is 13.9. The number of nitrogens with zero attached hydrogens (tertiary/aromatic N) is 1. The number of aldehydes is 1. The average molecular weight is 267 g/mol. The normalized spacial score (nSPS) is 10.4. The molecule has 0 radical (unpaired) electrons. The largest absolute Gasteiger partial charge is 0.394 e. The van der Waals surface area contributed by atoms with E-state index >= 15 is 0 Å². The van der Waals surface area contributed by atoms with Crippen LogP contribution in [0.2, 0.25) is 0 Å². The number of carbonyl (C=O) groups excluding carboxylic acids is 1. The molecule has 0 heterocycles. The molecule has 0 saturated carbocycles. The summed E-state index contributed by atoms with van der Waals surface area (Å²) in [5.41, 5.74) is 1.72. The summed E-state index contributed by atoms with van der Waals surface area (Å²) < 4.78 is 10.5. The molecule has 0 saturated heterocycles. The smallest absolute Gasteiger partial charge is 0.150 e. The molecule has 1 rings (SSSR count). The van der Waals surface area contributed by atoms with Gasteiger partial charge in [0.15, 0.2) is 0 Å². The first-order valence-corrected chi connectivity index (χ1v) is 6.30. The topological polar surface area (TPSA) is 59.0 Å². The predicted octanol–water partition coefficient (Wildman–Crippen LogP) is 0.961. The maximum absolute atomic E-state index is 10.5. The molecule has 0 aromatic heterocycles. The van der Waals surface area contributed by atoms with Crippen LogP contribution in [0.15, 0.2) is 24.3 Å². The van der Waals surface area contributed by atoms with Gasteiger partial charge in [0, 0.05) is 24.8 Å². The fourth-order valence-corrected chi connectivity index (χ4v) is 1.52. The van der Waals surface area contributed by atoms with Gasteiger partial charge in [0.05, 0.1) is 33.0 Å².